The van der Waals surface area contributed by atoms with Crippen LogP contribution in [0.2, 0.25) is 0 Å². The molecule has 1 amide bonds. The zero-order valence-electron chi connectivity index (χ0n) is 13.9. The normalized spacial score (nSPS) is 20.1. The molecule has 1 N–H and O–H groups in total. The first-order valence-electron chi connectivity index (χ1n) is 8.66. The van der Waals surface area contributed by atoms with Crippen molar-refractivity contribution in [3.05, 3.63) is 37.7 Å². The highest BCUT2D eigenvalue weighted by molar-refractivity contribution is 7.12. The number of fused-ring (bicyclic) bond motifs is 2. The standard InChI is InChI=1S/C17H22N4O2S/c1-20-17(23)21-9-8-12(6-7-14(21)19-20)18-16(22)15-13-5-3-2-4-11(13)10-24-15/h10,12H,2-9H2,1H3,(H,18,22). The number of thiophene rings is 1. The maximum absolute atomic E-state index is 12.7. The highest BCUT2D eigenvalue weighted by Gasteiger charge is 2.24. The van der Waals surface area contributed by atoms with Gasteiger partial charge < -0.3 is 5.32 Å². The summed E-state index contributed by atoms with van der Waals surface area (Å²) in [5, 5.41) is 9.63. The van der Waals surface area contributed by atoms with E-state index in [-0.39, 0.29) is 17.6 Å². The third-order valence-electron chi connectivity index (χ3n) is 5.15. The predicted octanol–water partition coefficient (Wildman–Crippen LogP) is 1.66. The van der Waals surface area contributed by atoms with Crippen molar-refractivity contribution in [1.29, 1.82) is 0 Å². The fourth-order valence-corrected chi connectivity index (χ4v) is 4.86. The van der Waals surface area contributed by atoms with E-state index < -0.39 is 0 Å². The lowest BCUT2D eigenvalue weighted by Crippen LogP contribution is -2.35. The van der Waals surface area contributed by atoms with Gasteiger partial charge in [-0.3, -0.25) is 9.36 Å². The number of rotatable bonds is 2. The molecule has 4 rings (SSSR count). The van der Waals surface area contributed by atoms with Crippen LogP contribution in [0.25, 0.3) is 0 Å². The highest BCUT2D eigenvalue weighted by atomic mass is 32.1. The molecule has 2 aromatic rings. The van der Waals surface area contributed by atoms with Crippen LogP contribution in [0.1, 0.15) is 52.3 Å². The maximum Gasteiger partial charge on any atom is 0.345 e. The van der Waals surface area contributed by atoms with Crippen LogP contribution in [0.15, 0.2) is 10.2 Å². The first kappa shape index (κ1) is 15.6. The molecule has 1 atom stereocenters. The summed E-state index contributed by atoms with van der Waals surface area (Å²) >= 11 is 1.58. The zero-order valence-corrected chi connectivity index (χ0v) is 14.7. The van der Waals surface area contributed by atoms with Gasteiger partial charge in [-0.25, -0.2) is 9.48 Å². The lowest BCUT2D eigenvalue weighted by molar-refractivity contribution is 0.0936. The van der Waals surface area contributed by atoms with Gasteiger partial charge in [-0.15, -0.1) is 11.3 Å². The minimum absolute atomic E-state index is 0.0561. The van der Waals surface area contributed by atoms with Crippen molar-refractivity contribution in [3.8, 4) is 0 Å². The Balaban J connectivity index is 1.46. The molecule has 1 aliphatic heterocycles. The molecule has 0 spiro atoms. The Morgan fingerprint density at radius 1 is 1.29 bits per heavy atom. The van der Waals surface area contributed by atoms with Gasteiger partial charge in [0, 0.05) is 26.1 Å². The lowest BCUT2D eigenvalue weighted by atomic mass is 9.93. The summed E-state index contributed by atoms with van der Waals surface area (Å²) in [6, 6.07) is 0.102. The molecule has 2 aliphatic rings. The molecule has 1 aliphatic carbocycles. The summed E-state index contributed by atoms with van der Waals surface area (Å²) in [7, 11) is 1.68. The van der Waals surface area contributed by atoms with Crippen molar-refractivity contribution in [1.82, 2.24) is 19.7 Å². The monoisotopic (exact) mass is 346 g/mol. The van der Waals surface area contributed by atoms with Gasteiger partial charge in [0.1, 0.15) is 5.82 Å². The minimum Gasteiger partial charge on any atom is -0.349 e. The van der Waals surface area contributed by atoms with Crippen LogP contribution < -0.4 is 11.0 Å². The van der Waals surface area contributed by atoms with E-state index in [2.05, 4.69) is 15.8 Å². The molecule has 128 valence electrons. The molecule has 3 heterocycles. The van der Waals surface area contributed by atoms with E-state index >= 15 is 0 Å². The van der Waals surface area contributed by atoms with Crippen molar-refractivity contribution in [2.75, 3.05) is 0 Å². The number of hydrogen-bond donors (Lipinski definition) is 1. The summed E-state index contributed by atoms with van der Waals surface area (Å²) in [6.07, 6.45) is 6.87. The molecule has 0 aromatic carbocycles. The third-order valence-corrected chi connectivity index (χ3v) is 6.22. The molecule has 24 heavy (non-hydrogen) atoms. The molecule has 2 aromatic heterocycles. The molecule has 0 fully saturated rings. The van der Waals surface area contributed by atoms with Gasteiger partial charge in [0.2, 0.25) is 0 Å². The highest BCUT2D eigenvalue weighted by Crippen LogP contribution is 2.30. The smallest absolute Gasteiger partial charge is 0.345 e. The molecule has 7 heteroatoms. The van der Waals surface area contributed by atoms with Gasteiger partial charge in [0.25, 0.3) is 5.91 Å². The number of aryl methyl sites for hydroxylation is 3. The first-order chi connectivity index (χ1) is 11.6. The molecular formula is C17H22N4O2S. The summed E-state index contributed by atoms with van der Waals surface area (Å²) in [5.41, 5.74) is 2.56. The molecule has 6 nitrogen and oxygen atoms in total. The average Bonchev–Trinajstić information content (AvgIpc) is 3.06. The number of carbonyl (C=O) groups is 1. The number of aromatic nitrogens is 3. The van der Waals surface area contributed by atoms with Crippen molar-refractivity contribution in [3.63, 3.8) is 0 Å². The van der Waals surface area contributed by atoms with Crippen molar-refractivity contribution in [2.24, 2.45) is 7.05 Å². The van der Waals surface area contributed by atoms with Crippen LogP contribution in [-0.4, -0.2) is 26.3 Å². The summed E-state index contributed by atoms with van der Waals surface area (Å²) in [4.78, 5) is 25.6. The van der Waals surface area contributed by atoms with Gasteiger partial charge in [-0.1, -0.05) is 0 Å². The van der Waals surface area contributed by atoms with Gasteiger partial charge in [-0.05, 0) is 55.0 Å². The van der Waals surface area contributed by atoms with E-state index in [4.69, 9.17) is 0 Å². The van der Waals surface area contributed by atoms with Gasteiger partial charge in [0.05, 0.1) is 4.88 Å². The van der Waals surface area contributed by atoms with Gasteiger partial charge >= 0.3 is 5.69 Å². The average molecular weight is 346 g/mol. The van der Waals surface area contributed by atoms with Crippen molar-refractivity contribution >= 4 is 17.2 Å². The largest absolute Gasteiger partial charge is 0.349 e. The summed E-state index contributed by atoms with van der Waals surface area (Å²) in [6.45, 7) is 0.621. The second-order valence-electron chi connectivity index (χ2n) is 6.75. The first-order valence-corrected chi connectivity index (χ1v) is 9.54. The quantitative estimate of drug-likeness (QED) is 0.899. The van der Waals surface area contributed by atoms with E-state index in [9.17, 15) is 9.59 Å². The number of hydrogen-bond acceptors (Lipinski definition) is 4. The molecular weight excluding hydrogens is 324 g/mol. The number of nitrogens with one attached hydrogen (secondary N) is 1. The molecule has 0 radical (unpaired) electrons. The third kappa shape index (κ3) is 2.70. The van der Waals surface area contributed by atoms with Crippen LogP contribution in [0, 0.1) is 0 Å². The maximum atomic E-state index is 12.7. The fraction of sp³-hybridized carbons (Fsp3) is 0.588. The molecule has 0 saturated heterocycles. The van der Waals surface area contributed by atoms with Crippen LogP contribution >= 0.6 is 11.3 Å². The van der Waals surface area contributed by atoms with Crippen LogP contribution in [0.4, 0.5) is 0 Å². The van der Waals surface area contributed by atoms with Crippen molar-refractivity contribution < 1.29 is 4.79 Å². The molecule has 0 saturated carbocycles. The Hall–Kier alpha value is -1.89. The lowest BCUT2D eigenvalue weighted by Gasteiger charge is -2.17. The summed E-state index contributed by atoms with van der Waals surface area (Å²) in [5.74, 6) is 0.883. The minimum atomic E-state index is -0.0655. The van der Waals surface area contributed by atoms with Crippen molar-refractivity contribution in [2.45, 2.75) is 57.5 Å². The predicted molar refractivity (Wildman–Crippen MR) is 92.6 cm³/mol. The van der Waals surface area contributed by atoms with E-state index in [0.717, 1.165) is 42.8 Å². The Morgan fingerprint density at radius 3 is 3.00 bits per heavy atom. The zero-order chi connectivity index (χ0) is 16.7. The topological polar surface area (TPSA) is 68.9 Å². The fourth-order valence-electron chi connectivity index (χ4n) is 3.80. The van der Waals surface area contributed by atoms with Gasteiger partial charge in [-0.2, -0.15) is 5.10 Å². The molecule has 0 bridgehead atoms. The molecule has 1 unspecified atom stereocenters. The van der Waals surface area contributed by atoms with Crippen LogP contribution in [0.5, 0.6) is 0 Å². The SMILES string of the molecule is Cn1nc2n(c1=O)CCC(NC(=O)c1scc3c1CCCC3)CC2. The second-order valence-corrected chi connectivity index (χ2v) is 7.63. The van der Waals surface area contributed by atoms with Gasteiger partial charge in [0.15, 0.2) is 0 Å². The number of amides is 1. The van der Waals surface area contributed by atoms with E-state index in [1.54, 1.807) is 23.0 Å². The summed E-state index contributed by atoms with van der Waals surface area (Å²) < 4.78 is 3.13. The Bertz CT molecular complexity index is 832. The second kappa shape index (κ2) is 6.20. The number of nitrogens with zero attached hydrogens (tertiary/aromatic N) is 3. The van der Waals surface area contributed by atoms with E-state index in [0.29, 0.717) is 6.54 Å². The van der Waals surface area contributed by atoms with Crippen LogP contribution in [0.3, 0.4) is 0 Å². The van der Waals surface area contributed by atoms with E-state index in [1.165, 1.54) is 28.7 Å². The Labute approximate surface area is 144 Å². The van der Waals surface area contributed by atoms with Crippen LogP contribution in [-0.2, 0) is 32.9 Å². The Kier molecular flexibility index (Phi) is 4.04. The van der Waals surface area contributed by atoms with E-state index in [1.807, 2.05) is 0 Å². The Morgan fingerprint density at radius 2 is 2.12 bits per heavy atom. The number of carbonyl (C=O) groups excluding carboxylic acids is 1.